The Kier molecular flexibility index (Phi) is 18.7. The Hall–Kier alpha value is -6.42. The van der Waals surface area contributed by atoms with Crippen LogP contribution in [0.4, 0.5) is 0 Å². The van der Waals surface area contributed by atoms with Gasteiger partial charge in [-0.05, 0) is 182 Å². The highest BCUT2D eigenvalue weighted by Gasteiger charge is 2.55. The van der Waals surface area contributed by atoms with Gasteiger partial charge in [0, 0.05) is 85.1 Å². The number of hydrogen-bond acceptors (Lipinski definition) is 14. The first-order valence-corrected chi connectivity index (χ1v) is 32.1. The van der Waals surface area contributed by atoms with Crippen molar-refractivity contribution in [1.82, 2.24) is 26.3 Å². The maximum absolute atomic E-state index is 12.2. The largest absolute Gasteiger partial charge is 0.507 e. The van der Waals surface area contributed by atoms with Crippen LogP contribution in [-0.4, -0.2) is 124 Å². The van der Waals surface area contributed by atoms with Crippen molar-refractivity contribution in [3.8, 4) is 51.7 Å². The number of aliphatic hydroxyl groups is 4. The molecule has 462 valence electrons. The number of aliphatic hydroxyl groups excluding tert-OH is 3. The fraction of sp³-hybridized carbons (Fsp3) is 0.500. The van der Waals surface area contributed by atoms with E-state index in [1.54, 1.807) is 0 Å². The molecular formula is C72H89N5O10. The number of ether oxygens (including phenoxy) is 4. The molecule has 0 amide bonds. The molecule has 1 fully saturated rings. The number of aryl methyl sites for hydroxylation is 2. The van der Waals surface area contributed by atoms with Crippen LogP contribution in [0.5, 0.6) is 28.7 Å². The van der Waals surface area contributed by atoms with Crippen molar-refractivity contribution in [3.05, 3.63) is 141 Å². The maximum atomic E-state index is 12.2. The van der Waals surface area contributed by atoms with Gasteiger partial charge >= 0.3 is 0 Å². The lowest BCUT2D eigenvalue weighted by Gasteiger charge is -2.50. The molecule has 0 spiro atoms. The van der Waals surface area contributed by atoms with Crippen molar-refractivity contribution in [2.75, 3.05) is 52.9 Å². The molecule has 2 bridgehead atoms. The average molecular weight is 1180 g/mol. The van der Waals surface area contributed by atoms with Crippen LogP contribution in [0, 0.1) is 17.8 Å². The first-order valence-electron chi connectivity index (χ1n) is 32.1. The highest BCUT2D eigenvalue weighted by Crippen LogP contribution is 2.62. The molecule has 0 saturated heterocycles. The zero-order valence-corrected chi connectivity index (χ0v) is 50.9. The van der Waals surface area contributed by atoms with E-state index in [0.717, 1.165) is 94.9 Å². The lowest BCUT2D eigenvalue weighted by atomic mass is 9.62. The number of rotatable bonds is 23. The number of nitrogens with one attached hydrogen (secondary N) is 5. The molecule has 15 nitrogen and oxygen atoms in total. The van der Waals surface area contributed by atoms with Gasteiger partial charge in [0.05, 0.1) is 25.5 Å². The Bertz CT molecular complexity index is 3490. The summed E-state index contributed by atoms with van der Waals surface area (Å²) in [7, 11) is 0. The third-order valence-corrected chi connectivity index (χ3v) is 19.2. The van der Waals surface area contributed by atoms with E-state index in [9.17, 15) is 30.6 Å². The van der Waals surface area contributed by atoms with Crippen LogP contribution in [0.3, 0.4) is 0 Å². The number of aromatic hydroxyl groups is 2. The van der Waals surface area contributed by atoms with Gasteiger partial charge in [0.15, 0.2) is 17.6 Å². The van der Waals surface area contributed by atoms with E-state index in [-0.39, 0.29) is 80.7 Å². The highest BCUT2D eigenvalue weighted by molar-refractivity contribution is 5.90. The van der Waals surface area contributed by atoms with Crippen molar-refractivity contribution in [3.63, 3.8) is 0 Å². The summed E-state index contributed by atoms with van der Waals surface area (Å²) in [5, 5.41) is 83.9. The number of phenols is 2. The molecule has 4 heterocycles. The number of hydrogen-bond donors (Lipinski definition) is 11. The second-order valence-corrected chi connectivity index (χ2v) is 26.1. The van der Waals surface area contributed by atoms with Crippen LogP contribution < -0.4 is 35.5 Å². The van der Waals surface area contributed by atoms with Crippen LogP contribution in [-0.2, 0) is 36.8 Å². The standard InChI is InChI=1S/C72H89N5O10/c1-44(2)36-71(3,83)41-74-42-76-63-20-10-19-52(39-79)85-62-34-49(32-48(67(62)82)16-12-30-78)70-72(63,84-43-77-51-17-8-5-9-18-51)37-59-56-35-58-64(47-21-25-60-46(31-47)27-29-75-60)50(38-73-28-11-15-45-13-6-4-7-14-45)33-57-61(81)26-24-54(65(57)58)66(56)69-55(68(59)87-70)23-22-53(40-80)86-69/h4,6-7,13-14,21,24-27,29,31-34,44,51-53,58,63-64,70,73-83H,5,8-9,11-12,15-19,22-23,28,30,35-43H2,1-3H3/t52-,53-,58+,63-,64-,70+,71+,72-/m0/s1. The maximum Gasteiger partial charge on any atom is 0.162 e. The molecule has 0 radical (unpaired) electrons. The van der Waals surface area contributed by atoms with Crippen molar-refractivity contribution < 1.29 is 49.6 Å². The summed E-state index contributed by atoms with van der Waals surface area (Å²) >= 11 is 0. The first kappa shape index (κ1) is 60.8. The lowest BCUT2D eigenvalue weighted by molar-refractivity contribution is -0.144. The van der Waals surface area contributed by atoms with Gasteiger partial charge in [-0.3, -0.25) is 10.6 Å². The second-order valence-electron chi connectivity index (χ2n) is 26.1. The first-order chi connectivity index (χ1) is 42.3. The Labute approximate surface area is 512 Å². The minimum atomic E-state index is -1.34. The van der Waals surface area contributed by atoms with Crippen molar-refractivity contribution in [1.29, 1.82) is 0 Å². The van der Waals surface area contributed by atoms with Crippen molar-refractivity contribution in [2.24, 2.45) is 5.92 Å². The zero-order chi connectivity index (χ0) is 60.2. The van der Waals surface area contributed by atoms with Gasteiger partial charge in [0.2, 0.25) is 0 Å². The van der Waals surface area contributed by atoms with Gasteiger partial charge in [-0.15, -0.1) is 0 Å². The van der Waals surface area contributed by atoms with Crippen LogP contribution in [0.15, 0.2) is 90.6 Å². The molecular weight excluding hydrogens is 1090 g/mol. The molecule has 11 N–H and O–H groups in total. The Balaban J connectivity index is 1.05. The van der Waals surface area contributed by atoms with Crippen LogP contribution >= 0.6 is 0 Å². The number of H-pyrrole nitrogens is 1. The summed E-state index contributed by atoms with van der Waals surface area (Å²) in [5.74, 6) is 8.78. The average Bonchev–Trinajstić information content (AvgIpc) is 0.816. The summed E-state index contributed by atoms with van der Waals surface area (Å²) in [4.78, 5) is 3.42. The zero-order valence-electron chi connectivity index (χ0n) is 50.9. The van der Waals surface area contributed by atoms with Gasteiger partial charge in [0.1, 0.15) is 41.1 Å². The predicted molar refractivity (Wildman–Crippen MR) is 340 cm³/mol. The summed E-state index contributed by atoms with van der Waals surface area (Å²) in [6, 6.07) is 26.6. The minimum Gasteiger partial charge on any atom is -0.507 e. The fourth-order valence-electron chi connectivity index (χ4n) is 15.2. The molecule has 3 aliphatic heterocycles. The molecule has 87 heavy (non-hydrogen) atoms. The third-order valence-electron chi connectivity index (χ3n) is 19.2. The van der Waals surface area contributed by atoms with Gasteiger partial charge in [-0.25, -0.2) is 0 Å². The Morgan fingerprint density at radius 1 is 0.828 bits per heavy atom. The molecule has 3 aliphatic carbocycles. The molecule has 12 rings (SSSR count). The van der Waals surface area contributed by atoms with Crippen LogP contribution in [0.25, 0.3) is 28.1 Å². The van der Waals surface area contributed by atoms with E-state index < -0.39 is 35.6 Å². The summed E-state index contributed by atoms with van der Waals surface area (Å²) in [5.41, 5.74) is 10.3. The third kappa shape index (κ3) is 12.8. The summed E-state index contributed by atoms with van der Waals surface area (Å²) in [6.45, 7) is 7.62. The Morgan fingerprint density at radius 3 is 2.47 bits per heavy atom. The van der Waals surface area contributed by atoms with E-state index in [1.165, 1.54) is 23.1 Å². The second kappa shape index (κ2) is 26.7. The minimum absolute atomic E-state index is 0.0701. The molecule has 6 aromatic rings. The topological polar surface area (TPSA) is 222 Å². The molecule has 8 atom stereocenters. The van der Waals surface area contributed by atoms with E-state index in [1.807, 2.05) is 31.3 Å². The molecule has 15 heteroatoms. The summed E-state index contributed by atoms with van der Waals surface area (Å²) < 4.78 is 29.3. The van der Waals surface area contributed by atoms with Crippen molar-refractivity contribution in [2.45, 2.75) is 171 Å². The van der Waals surface area contributed by atoms with Gasteiger partial charge in [-0.1, -0.05) is 87.4 Å². The smallest absolute Gasteiger partial charge is 0.162 e. The van der Waals surface area contributed by atoms with Gasteiger partial charge < -0.3 is 65.2 Å². The molecule has 1 saturated carbocycles. The number of phenolic OH excluding ortho intramolecular Hbond substituents is 2. The summed E-state index contributed by atoms with van der Waals surface area (Å²) in [6.07, 6.45) is 12.9. The van der Waals surface area contributed by atoms with E-state index >= 15 is 0 Å². The van der Waals surface area contributed by atoms with Crippen LogP contribution in [0.1, 0.15) is 153 Å². The van der Waals surface area contributed by atoms with E-state index in [4.69, 9.17) is 18.9 Å². The van der Waals surface area contributed by atoms with Gasteiger partial charge in [0.25, 0.3) is 0 Å². The number of aromatic amines is 1. The number of fused-ring (bicyclic) bond motifs is 12. The predicted octanol–water partition coefficient (Wildman–Crippen LogP) is 9.66. The lowest BCUT2D eigenvalue weighted by Crippen LogP contribution is -2.62. The van der Waals surface area contributed by atoms with Crippen LogP contribution in [0.2, 0.25) is 0 Å². The SMILES string of the molecule is CC(C)C[C@@](C)(O)CNCN[C@H]1C#CC[C@@H](CO)Oc2cc(cc(CCCO)c2O)[C@H]2Oc3c(c4c(c5c3CC[C@@H](CO)O5)-c3ccc(O)c5c3[C@H](C4)[C@@H](c3ccc4[nH]ccc4c3)C(CNCCCc3ccccc3)=C5)C[C@]12OCNC1CCCCC1. The van der Waals surface area contributed by atoms with Crippen molar-refractivity contribution >= 4 is 17.0 Å². The molecule has 1 aromatic heterocycles. The molecule has 0 unspecified atom stereocenters. The number of aromatic nitrogens is 1. The Morgan fingerprint density at radius 2 is 1.67 bits per heavy atom. The number of benzene rings is 5. The molecule has 6 aliphatic rings. The normalized spacial score (nSPS) is 23.7. The quantitative estimate of drug-likeness (QED) is 0.0163. The van der Waals surface area contributed by atoms with E-state index in [2.05, 4.69) is 119 Å². The monoisotopic (exact) mass is 1180 g/mol. The van der Waals surface area contributed by atoms with Gasteiger partial charge in [-0.2, -0.15) is 0 Å². The highest BCUT2D eigenvalue weighted by atomic mass is 16.6. The van der Waals surface area contributed by atoms with E-state index in [0.29, 0.717) is 80.7 Å². The fourth-order valence-corrected chi connectivity index (χ4v) is 15.2. The molecule has 5 aromatic carbocycles.